The molecule has 4 aliphatic rings. The van der Waals surface area contributed by atoms with E-state index in [1.54, 1.807) is 41.1 Å². The number of aliphatic hydroxyl groups excluding tert-OH is 1. The molecule has 15 nitrogen and oxygen atoms in total. The minimum Gasteiger partial charge on any atom is -0.460 e. The Morgan fingerprint density at radius 3 is 2.20 bits per heavy atom. The Morgan fingerprint density at radius 2 is 1.55 bits per heavy atom. The summed E-state index contributed by atoms with van der Waals surface area (Å²) < 4.78 is 42.8. The molecule has 426 valence electrons. The van der Waals surface area contributed by atoms with Crippen molar-refractivity contribution >= 4 is 37.5 Å². The number of carbonyl (C=O) groups excluding carboxylic acids is 5. The van der Waals surface area contributed by atoms with Gasteiger partial charge in [0.1, 0.15) is 30.1 Å². The number of amides is 1. The molecule has 1 amide bonds. The molecule has 3 fully saturated rings. The molecule has 1 aliphatic carbocycles. The topological polar surface area (TPSA) is 194 Å². The molecule has 1 saturated carbocycles. The first-order valence-corrected chi connectivity index (χ1v) is 30.8. The van der Waals surface area contributed by atoms with Crippen LogP contribution in [0.4, 0.5) is 0 Å². The standard InChI is InChI=1S/C59H97NO14Si/c1-37-21-17-16-18-22-38(2)49(68-11)35-45-26-24-43(7)59(67,74-45)55(64)56(65)60-28-20-19-23-46(60)57(66)73-50(36-47(61)39(3)32-42(6)53(63)54(70-13)52(62)41(5)31-37)40(4)33-44-25-27-48(51(34-44)69-12)71-29-30-72-75(14,15)58(8,9)10/h16-18,21-22,32,37,39-41,43-46,48-51,53-54,63,67H,19-20,23-31,33-36H2,1-15H3/b18-16-,21-17-,38-22-,42-32-. The van der Waals surface area contributed by atoms with E-state index in [4.69, 9.17) is 32.8 Å². The number of ether oxygens (including phenoxy) is 6. The molecule has 15 unspecified atom stereocenters. The third-order valence-electron chi connectivity index (χ3n) is 17.1. The van der Waals surface area contributed by atoms with E-state index in [0.717, 1.165) is 18.4 Å². The lowest BCUT2D eigenvalue weighted by molar-refractivity contribution is -0.265. The van der Waals surface area contributed by atoms with E-state index in [1.807, 2.05) is 58.1 Å². The molecule has 0 spiro atoms. The number of rotatable bonds is 11. The van der Waals surface area contributed by atoms with Gasteiger partial charge in [-0.2, -0.15) is 0 Å². The van der Waals surface area contributed by atoms with Gasteiger partial charge < -0.3 is 48.0 Å². The van der Waals surface area contributed by atoms with E-state index in [0.29, 0.717) is 70.2 Å². The summed E-state index contributed by atoms with van der Waals surface area (Å²) in [4.78, 5) is 72.7. The lowest BCUT2D eigenvalue weighted by Crippen LogP contribution is -2.61. The van der Waals surface area contributed by atoms with Crippen molar-refractivity contribution in [3.63, 3.8) is 0 Å². The van der Waals surface area contributed by atoms with Crippen LogP contribution in [-0.4, -0.2) is 148 Å². The minimum absolute atomic E-state index is 0.0168. The lowest BCUT2D eigenvalue weighted by Gasteiger charge is -2.42. The zero-order valence-corrected chi connectivity index (χ0v) is 49.4. The second-order valence-corrected chi connectivity index (χ2v) is 28.9. The van der Waals surface area contributed by atoms with Crippen LogP contribution in [0.2, 0.25) is 18.1 Å². The predicted octanol–water partition coefficient (Wildman–Crippen LogP) is 9.23. The maximum absolute atomic E-state index is 14.6. The summed E-state index contributed by atoms with van der Waals surface area (Å²) in [6.45, 7) is 24.9. The molecule has 15 atom stereocenters. The Balaban J connectivity index is 1.65. The van der Waals surface area contributed by atoms with Crippen LogP contribution in [0, 0.1) is 35.5 Å². The van der Waals surface area contributed by atoms with Gasteiger partial charge >= 0.3 is 5.97 Å². The number of Topliss-reactive ketones (excluding diaryl/α,β-unsaturated/α-hetero) is 3. The van der Waals surface area contributed by atoms with Gasteiger partial charge in [0.15, 0.2) is 14.1 Å². The smallest absolute Gasteiger partial charge is 0.329 e. The van der Waals surface area contributed by atoms with E-state index in [2.05, 4.69) is 33.9 Å². The fraction of sp³-hybridized carbons (Fsp3) is 0.780. The fourth-order valence-corrected chi connectivity index (χ4v) is 12.0. The Kier molecular flexibility index (Phi) is 25.0. The van der Waals surface area contributed by atoms with Crippen LogP contribution in [0.25, 0.3) is 0 Å². The number of nitrogens with zero attached hydrogens (tertiary/aromatic N) is 1. The van der Waals surface area contributed by atoms with E-state index in [-0.39, 0.29) is 66.0 Å². The summed E-state index contributed by atoms with van der Waals surface area (Å²) in [6.07, 6.45) is 12.4. The Hall–Kier alpha value is -3.19. The largest absolute Gasteiger partial charge is 0.460 e. The molecule has 2 bridgehead atoms. The first kappa shape index (κ1) is 64.3. The summed E-state index contributed by atoms with van der Waals surface area (Å²) in [5.41, 5.74) is 1.28. The summed E-state index contributed by atoms with van der Waals surface area (Å²) in [5.74, 6) is -7.87. The summed E-state index contributed by atoms with van der Waals surface area (Å²) >= 11 is 0. The fourth-order valence-electron chi connectivity index (χ4n) is 11.0. The summed E-state index contributed by atoms with van der Waals surface area (Å²) in [6, 6.07) is -1.14. The van der Waals surface area contributed by atoms with Crippen LogP contribution in [0.1, 0.15) is 146 Å². The van der Waals surface area contributed by atoms with Crippen LogP contribution >= 0.6 is 0 Å². The Labute approximate surface area is 451 Å². The monoisotopic (exact) mass is 1070 g/mol. The molecule has 3 aliphatic heterocycles. The molecule has 0 aromatic carbocycles. The summed E-state index contributed by atoms with van der Waals surface area (Å²) in [5, 5.41) is 23.7. The van der Waals surface area contributed by atoms with Gasteiger partial charge in [0, 0.05) is 58.5 Å². The molecule has 75 heavy (non-hydrogen) atoms. The SMILES string of the molecule is COC1CC2CCC(C)C(O)(O2)C(=O)C(=O)N2CCCCC2C(=O)OC(C(C)CC2CCC(OCCO[Si](C)(C)C(C)(C)C)C(OC)C2)CC(=O)C(C)/C=C(/C)C(O)C(OC)C(=O)C(C)CC(C)\C=C/C=C\C=C/1C. The van der Waals surface area contributed by atoms with E-state index in [9.17, 15) is 34.2 Å². The lowest BCUT2D eigenvalue weighted by atomic mass is 9.78. The average molecular weight is 1070 g/mol. The van der Waals surface area contributed by atoms with Crippen LogP contribution in [0.15, 0.2) is 47.6 Å². The maximum Gasteiger partial charge on any atom is 0.329 e. The average Bonchev–Trinajstić information content (AvgIpc) is 3.36. The molecule has 2 N–H and O–H groups in total. The molecule has 4 rings (SSSR count). The maximum atomic E-state index is 14.6. The van der Waals surface area contributed by atoms with Crippen molar-refractivity contribution in [2.24, 2.45) is 35.5 Å². The highest BCUT2D eigenvalue weighted by atomic mass is 28.4. The number of aliphatic hydroxyl groups is 2. The highest BCUT2D eigenvalue weighted by Gasteiger charge is 2.53. The van der Waals surface area contributed by atoms with Crippen molar-refractivity contribution in [3.8, 4) is 0 Å². The number of ketones is 3. The first-order chi connectivity index (χ1) is 35.2. The van der Waals surface area contributed by atoms with Crippen LogP contribution in [0.5, 0.6) is 0 Å². The Morgan fingerprint density at radius 1 is 0.840 bits per heavy atom. The number of cyclic esters (lactones) is 1. The van der Waals surface area contributed by atoms with Gasteiger partial charge in [0.2, 0.25) is 5.79 Å². The molecule has 0 radical (unpaired) electrons. The van der Waals surface area contributed by atoms with Gasteiger partial charge in [-0.25, -0.2) is 4.79 Å². The predicted molar refractivity (Wildman–Crippen MR) is 292 cm³/mol. The number of hydrogen-bond donors (Lipinski definition) is 2. The highest BCUT2D eigenvalue weighted by molar-refractivity contribution is 6.74. The zero-order chi connectivity index (χ0) is 56.0. The number of piperidine rings is 1. The number of esters is 1. The molecule has 0 aromatic heterocycles. The van der Waals surface area contributed by atoms with Crippen molar-refractivity contribution in [2.45, 2.75) is 219 Å². The van der Waals surface area contributed by atoms with Gasteiger partial charge in [-0.15, -0.1) is 0 Å². The molecule has 0 aromatic rings. The first-order valence-electron chi connectivity index (χ1n) is 27.9. The molecular weight excluding hydrogens is 975 g/mol. The molecule has 16 heteroatoms. The van der Waals surface area contributed by atoms with Crippen molar-refractivity contribution in [3.05, 3.63) is 47.6 Å². The van der Waals surface area contributed by atoms with Gasteiger partial charge in [-0.3, -0.25) is 19.2 Å². The van der Waals surface area contributed by atoms with Gasteiger partial charge in [-0.1, -0.05) is 91.8 Å². The zero-order valence-electron chi connectivity index (χ0n) is 48.4. The van der Waals surface area contributed by atoms with Gasteiger partial charge in [0.05, 0.1) is 37.6 Å². The normalized spacial score (nSPS) is 37.1. The van der Waals surface area contributed by atoms with Crippen molar-refractivity contribution < 1.29 is 67.0 Å². The summed E-state index contributed by atoms with van der Waals surface area (Å²) in [7, 11) is 2.73. The second kappa shape index (κ2) is 29.1. The molecule has 3 heterocycles. The van der Waals surface area contributed by atoms with E-state index < -0.39 is 86.1 Å². The van der Waals surface area contributed by atoms with Crippen LogP contribution < -0.4 is 0 Å². The van der Waals surface area contributed by atoms with Crippen LogP contribution in [-0.2, 0) is 56.8 Å². The molecule has 2 saturated heterocycles. The minimum atomic E-state index is -2.43. The number of methoxy groups -OCH3 is 3. The van der Waals surface area contributed by atoms with Gasteiger partial charge in [-0.05, 0) is 125 Å². The van der Waals surface area contributed by atoms with Crippen molar-refractivity contribution in [2.75, 3.05) is 41.1 Å². The third kappa shape index (κ3) is 17.7. The Bertz CT molecular complexity index is 2030. The number of fused-ring (bicyclic) bond motifs is 3. The van der Waals surface area contributed by atoms with Gasteiger partial charge in [0.25, 0.3) is 11.7 Å². The molecular formula is C59H97NO14Si. The second-order valence-electron chi connectivity index (χ2n) is 24.0. The van der Waals surface area contributed by atoms with E-state index >= 15 is 0 Å². The van der Waals surface area contributed by atoms with Crippen LogP contribution in [0.3, 0.4) is 0 Å². The number of carbonyl (C=O) groups is 5. The number of allylic oxidation sites excluding steroid dienone is 6. The van der Waals surface area contributed by atoms with E-state index in [1.165, 1.54) is 12.0 Å². The quantitative estimate of drug-likeness (QED) is 0.0654. The van der Waals surface area contributed by atoms with Crippen molar-refractivity contribution in [1.82, 2.24) is 4.90 Å². The third-order valence-corrected chi connectivity index (χ3v) is 21.7. The van der Waals surface area contributed by atoms with Crippen molar-refractivity contribution in [1.29, 1.82) is 0 Å². The highest BCUT2D eigenvalue weighted by Crippen LogP contribution is 2.39. The number of hydrogen-bond acceptors (Lipinski definition) is 14.